The lowest BCUT2D eigenvalue weighted by Gasteiger charge is -2.22. The molecule has 1 heteroatoms. The number of alkyl halides is 1. The maximum absolute atomic E-state index is 6.70. The van der Waals surface area contributed by atoms with Crippen LogP contribution in [0.15, 0.2) is 36.4 Å². The van der Waals surface area contributed by atoms with E-state index in [0.29, 0.717) is 5.41 Å². The summed E-state index contributed by atoms with van der Waals surface area (Å²) in [7, 11) is 0. The zero-order valence-electron chi connectivity index (χ0n) is 12.3. The van der Waals surface area contributed by atoms with Crippen molar-refractivity contribution in [3.8, 4) is 0 Å². The van der Waals surface area contributed by atoms with Crippen molar-refractivity contribution in [3.63, 3.8) is 0 Å². The Kier molecular flexibility index (Phi) is 4.20. The number of halogens is 1. The molecule has 0 bridgehead atoms. The van der Waals surface area contributed by atoms with Gasteiger partial charge in [0.15, 0.2) is 0 Å². The molecule has 0 N–H and O–H groups in total. The highest BCUT2D eigenvalue weighted by molar-refractivity contribution is 6.22. The van der Waals surface area contributed by atoms with Crippen LogP contribution in [-0.2, 0) is 0 Å². The van der Waals surface area contributed by atoms with Crippen molar-refractivity contribution < 1.29 is 0 Å². The normalized spacial score (nSPS) is 13.7. The second-order valence-corrected chi connectivity index (χ2v) is 7.11. The largest absolute Gasteiger partial charge is 0.118 e. The summed E-state index contributed by atoms with van der Waals surface area (Å²) < 4.78 is 0. The average molecular weight is 275 g/mol. The minimum Gasteiger partial charge on any atom is -0.118 e. The molecule has 0 aliphatic carbocycles. The molecular weight excluding hydrogens is 252 g/mol. The molecule has 0 saturated carbocycles. The van der Waals surface area contributed by atoms with Gasteiger partial charge < -0.3 is 0 Å². The third-order valence-corrected chi connectivity index (χ3v) is 4.09. The third-order valence-electron chi connectivity index (χ3n) is 3.65. The van der Waals surface area contributed by atoms with Gasteiger partial charge in [-0.15, -0.1) is 11.6 Å². The van der Waals surface area contributed by atoms with Crippen LogP contribution in [-0.4, -0.2) is 0 Å². The zero-order chi connectivity index (χ0) is 14.0. The summed E-state index contributed by atoms with van der Waals surface area (Å²) in [6.07, 6.45) is 2.17. The molecule has 1 unspecified atom stereocenters. The summed E-state index contributed by atoms with van der Waals surface area (Å²) in [6, 6.07) is 12.9. The van der Waals surface area contributed by atoms with Gasteiger partial charge in [-0.1, -0.05) is 57.2 Å². The van der Waals surface area contributed by atoms with Gasteiger partial charge in [0.25, 0.3) is 0 Å². The van der Waals surface area contributed by atoms with Crippen LogP contribution in [0.2, 0.25) is 0 Å². The zero-order valence-corrected chi connectivity index (χ0v) is 13.1. The number of rotatable bonds is 3. The molecule has 0 radical (unpaired) electrons. The summed E-state index contributed by atoms with van der Waals surface area (Å²) in [4.78, 5) is 0. The van der Waals surface area contributed by atoms with E-state index in [-0.39, 0.29) is 5.38 Å². The first-order chi connectivity index (χ1) is 8.88. The van der Waals surface area contributed by atoms with Gasteiger partial charge in [-0.25, -0.2) is 0 Å². The molecule has 102 valence electrons. The summed E-state index contributed by atoms with van der Waals surface area (Å²) >= 11 is 6.70. The molecule has 0 fully saturated rings. The molecule has 0 spiro atoms. The smallest absolute Gasteiger partial charge is 0.0594 e. The van der Waals surface area contributed by atoms with E-state index in [9.17, 15) is 0 Å². The Balaban J connectivity index is 2.35. The Hall–Kier alpha value is -1.01. The minimum absolute atomic E-state index is 0.102. The van der Waals surface area contributed by atoms with Crippen molar-refractivity contribution in [2.75, 3.05) is 0 Å². The minimum atomic E-state index is 0.102. The molecule has 0 aromatic heterocycles. The lowest BCUT2D eigenvalue weighted by atomic mass is 9.87. The molecule has 2 aromatic carbocycles. The van der Waals surface area contributed by atoms with Crippen LogP contribution >= 0.6 is 11.6 Å². The number of fused-ring (bicyclic) bond motifs is 1. The molecule has 0 aliphatic heterocycles. The van der Waals surface area contributed by atoms with E-state index in [4.69, 9.17) is 11.6 Å². The maximum atomic E-state index is 6.70. The predicted octanol–water partition coefficient (Wildman–Crippen LogP) is 6.25. The van der Waals surface area contributed by atoms with E-state index in [1.54, 1.807) is 0 Å². The molecular formula is C18H23Cl. The molecule has 0 amide bonds. The molecule has 1 atom stereocenters. The van der Waals surface area contributed by atoms with Gasteiger partial charge in [0.2, 0.25) is 0 Å². The SMILES string of the molecule is Cc1ccc2ccccc2c1C(Cl)CCC(C)(C)C. The quantitative estimate of drug-likeness (QED) is 0.580. The summed E-state index contributed by atoms with van der Waals surface area (Å²) in [5.41, 5.74) is 2.95. The van der Waals surface area contributed by atoms with Crippen LogP contribution < -0.4 is 0 Å². The maximum Gasteiger partial charge on any atom is 0.0594 e. The molecule has 19 heavy (non-hydrogen) atoms. The van der Waals surface area contributed by atoms with Gasteiger partial charge in [-0.05, 0) is 47.1 Å². The lowest BCUT2D eigenvalue weighted by Crippen LogP contribution is -2.07. The van der Waals surface area contributed by atoms with Crippen molar-refractivity contribution in [1.29, 1.82) is 0 Å². The van der Waals surface area contributed by atoms with E-state index >= 15 is 0 Å². The van der Waals surface area contributed by atoms with E-state index in [0.717, 1.165) is 12.8 Å². The van der Waals surface area contributed by atoms with Gasteiger partial charge >= 0.3 is 0 Å². The average Bonchev–Trinajstić information content (AvgIpc) is 2.35. The predicted molar refractivity (Wildman–Crippen MR) is 86.0 cm³/mol. The first-order valence-corrected chi connectivity index (χ1v) is 7.44. The molecule has 0 heterocycles. The first-order valence-electron chi connectivity index (χ1n) is 7.01. The van der Waals surface area contributed by atoms with Crippen molar-refractivity contribution in [1.82, 2.24) is 0 Å². The summed E-state index contributed by atoms with van der Waals surface area (Å²) in [5.74, 6) is 0. The number of benzene rings is 2. The fraction of sp³-hybridized carbons (Fsp3) is 0.444. The molecule has 0 nitrogen and oxygen atoms in total. The third kappa shape index (κ3) is 3.51. The molecule has 2 rings (SSSR count). The van der Waals surface area contributed by atoms with Crippen molar-refractivity contribution in [2.45, 2.75) is 45.9 Å². The fourth-order valence-corrected chi connectivity index (χ4v) is 2.92. The van der Waals surface area contributed by atoms with Crippen LogP contribution in [0, 0.1) is 12.3 Å². The fourth-order valence-electron chi connectivity index (χ4n) is 2.52. The van der Waals surface area contributed by atoms with Gasteiger partial charge in [-0.3, -0.25) is 0 Å². The number of hydrogen-bond donors (Lipinski definition) is 0. The van der Waals surface area contributed by atoms with Gasteiger partial charge in [0.05, 0.1) is 5.38 Å². The van der Waals surface area contributed by atoms with Crippen LogP contribution in [0.3, 0.4) is 0 Å². The Morgan fingerprint density at radius 3 is 2.42 bits per heavy atom. The van der Waals surface area contributed by atoms with Gasteiger partial charge in [-0.2, -0.15) is 0 Å². The van der Waals surface area contributed by atoms with Crippen LogP contribution in [0.5, 0.6) is 0 Å². The van der Waals surface area contributed by atoms with Crippen LogP contribution in [0.4, 0.5) is 0 Å². The Labute approximate surface area is 121 Å². The van der Waals surface area contributed by atoms with E-state index in [1.165, 1.54) is 21.9 Å². The summed E-state index contributed by atoms with van der Waals surface area (Å²) in [5, 5.41) is 2.69. The van der Waals surface area contributed by atoms with E-state index < -0.39 is 0 Å². The highest BCUT2D eigenvalue weighted by Gasteiger charge is 2.18. The second kappa shape index (κ2) is 5.54. The van der Waals surface area contributed by atoms with E-state index in [2.05, 4.69) is 64.1 Å². The monoisotopic (exact) mass is 274 g/mol. The van der Waals surface area contributed by atoms with Crippen LogP contribution in [0.25, 0.3) is 10.8 Å². The molecule has 0 saturated heterocycles. The van der Waals surface area contributed by atoms with Crippen molar-refractivity contribution in [2.24, 2.45) is 5.41 Å². The lowest BCUT2D eigenvalue weighted by molar-refractivity contribution is 0.363. The number of aryl methyl sites for hydroxylation is 1. The van der Waals surface area contributed by atoms with Gasteiger partial charge in [0, 0.05) is 0 Å². The highest BCUT2D eigenvalue weighted by Crippen LogP contribution is 2.36. The van der Waals surface area contributed by atoms with Crippen molar-refractivity contribution >= 4 is 22.4 Å². The number of hydrogen-bond acceptors (Lipinski definition) is 0. The Bertz CT molecular complexity index is 563. The standard InChI is InChI=1S/C18H23Cl/c1-13-9-10-14-7-5-6-8-15(14)17(13)16(19)11-12-18(2,3)4/h5-10,16H,11-12H2,1-4H3. The second-order valence-electron chi connectivity index (χ2n) is 6.58. The Morgan fingerprint density at radius 2 is 1.74 bits per heavy atom. The Morgan fingerprint density at radius 1 is 1.05 bits per heavy atom. The molecule has 0 aliphatic rings. The summed E-state index contributed by atoms with van der Waals surface area (Å²) in [6.45, 7) is 8.97. The van der Waals surface area contributed by atoms with Crippen LogP contribution in [0.1, 0.15) is 50.1 Å². The highest BCUT2D eigenvalue weighted by atomic mass is 35.5. The van der Waals surface area contributed by atoms with Crippen molar-refractivity contribution in [3.05, 3.63) is 47.5 Å². The molecule has 2 aromatic rings. The topological polar surface area (TPSA) is 0 Å². The first kappa shape index (κ1) is 14.4. The van der Waals surface area contributed by atoms with Gasteiger partial charge in [0.1, 0.15) is 0 Å². The van der Waals surface area contributed by atoms with E-state index in [1.807, 2.05) is 0 Å².